The van der Waals surface area contributed by atoms with Crippen molar-refractivity contribution in [1.82, 2.24) is 9.97 Å². The molecule has 0 unspecified atom stereocenters. The van der Waals surface area contributed by atoms with Crippen molar-refractivity contribution < 1.29 is 17.9 Å². The number of anilines is 1. The number of hydrogen-bond acceptors (Lipinski definition) is 6. The summed E-state index contributed by atoms with van der Waals surface area (Å²) in [6, 6.07) is 10.2. The van der Waals surface area contributed by atoms with Gasteiger partial charge in [0.1, 0.15) is 16.6 Å². The third-order valence-corrected chi connectivity index (χ3v) is 5.62. The Labute approximate surface area is 184 Å². The van der Waals surface area contributed by atoms with E-state index in [4.69, 9.17) is 27.9 Å². The van der Waals surface area contributed by atoms with Gasteiger partial charge in [-0.25, -0.2) is 18.4 Å². The summed E-state index contributed by atoms with van der Waals surface area (Å²) in [6.07, 6.45) is 2.50. The number of halogens is 2. The van der Waals surface area contributed by atoms with Gasteiger partial charge in [-0.1, -0.05) is 23.2 Å². The van der Waals surface area contributed by atoms with Crippen LogP contribution in [-0.2, 0) is 10.0 Å². The largest absolute Gasteiger partial charge is 0.491 e. The molecule has 3 aromatic rings. The lowest BCUT2D eigenvalue weighted by molar-refractivity contribution is 0.103. The van der Waals surface area contributed by atoms with Gasteiger partial charge in [-0.05, 0) is 56.3 Å². The zero-order valence-corrected chi connectivity index (χ0v) is 18.3. The molecule has 0 aliphatic carbocycles. The van der Waals surface area contributed by atoms with E-state index in [-0.39, 0.29) is 38.1 Å². The van der Waals surface area contributed by atoms with Crippen LogP contribution in [0.2, 0.25) is 10.2 Å². The van der Waals surface area contributed by atoms with Crippen molar-refractivity contribution in [2.45, 2.75) is 24.8 Å². The van der Waals surface area contributed by atoms with Crippen LogP contribution in [0, 0.1) is 0 Å². The molecular formula is C20H17Cl2N3O4S. The fraction of sp³-hybridized carbons (Fsp3) is 0.150. The highest BCUT2D eigenvalue weighted by Crippen LogP contribution is 2.25. The Balaban J connectivity index is 1.92. The number of benzene rings is 1. The second-order valence-electron chi connectivity index (χ2n) is 6.49. The lowest BCUT2D eigenvalue weighted by Gasteiger charge is -2.13. The van der Waals surface area contributed by atoms with Crippen LogP contribution in [0.5, 0.6) is 5.75 Å². The number of pyridine rings is 2. The normalized spacial score (nSPS) is 11.4. The van der Waals surface area contributed by atoms with Crippen molar-refractivity contribution in [3.63, 3.8) is 0 Å². The topological polar surface area (TPSA) is 98.3 Å². The van der Waals surface area contributed by atoms with E-state index in [0.29, 0.717) is 5.75 Å². The van der Waals surface area contributed by atoms with E-state index in [1.54, 1.807) is 12.1 Å². The number of nitrogens with zero attached hydrogens (tertiary/aromatic N) is 2. The van der Waals surface area contributed by atoms with E-state index in [2.05, 4.69) is 14.7 Å². The monoisotopic (exact) mass is 465 g/mol. The van der Waals surface area contributed by atoms with Crippen LogP contribution in [0.3, 0.4) is 0 Å². The number of hydrogen-bond donors (Lipinski definition) is 1. The van der Waals surface area contributed by atoms with Crippen LogP contribution in [0.4, 0.5) is 5.69 Å². The summed E-state index contributed by atoms with van der Waals surface area (Å²) in [5.74, 6) is 0.00805. The number of rotatable bonds is 7. The molecule has 156 valence electrons. The Hall–Kier alpha value is -2.68. The molecule has 0 radical (unpaired) electrons. The van der Waals surface area contributed by atoms with Gasteiger partial charge < -0.3 is 4.74 Å². The quantitative estimate of drug-likeness (QED) is 0.404. The number of carbonyl (C=O) groups excluding carboxylic acids is 1. The number of ether oxygens (including phenoxy) is 1. The molecule has 1 aromatic carbocycles. The standard InChI is InChI=1S/C20H17Cl2N3O4S/c1-12(2)29-15-4-6-16(7-5-15)30(27,28)25-17-9-14(21)11-24-19(17)20(26)13-3-8-18(22)23-10-13/h3-12,25H,1-2H3. The molecular weight excluding hydrogens is 449 g/mol. The van der Waals surface area contributed by atoms with E-state index < -0.39 is 15.8 Å². The molecule has 0 spiro atoms. The smallest absolute Gasteiger partial charge is 0.261 e. The van der Waals surface area contributed by atoms with Gasteiger partial charge in [0.2, 0.25) is 5.78 Å². The van der Waals surface area contributed by atoms with Crippen molar-refractivity contribution in [2.75, 3.05) is 4.72 Å². The Kier molecular flexibility index (Phi) is 6.60. The minimum absolute atomic E-state index is 0.00913. The van der Waals surface area contributed by atoms with E-state index >= 15 is 0 Å². The van der Waals surface area contributed by atoms with Gasteiger partial charge in [0.15, 0.2) is 0 Å². The summed E-state index contributed by atoms with van der Waals surface area (Å²) < 4.78 is 33.6. The van der Waals surface area contributed by atoms with Gasteiger partial charge in [0.05, 0.1) is 21.7 Å². The average Bonchev–Trinajstić information content (AvgIpc) is 2.68. The van der Waals surface area contributed by atoms with E-state index in [1.165, 1.54) is 42.7 Å². The first-order chi connectivity index (χ1) is 14.2. The Morgan fingerprint density at radius 3 is 2.33 bits per heavy atom. The first kappa shape index (κ1) is 22.0. The number of aromatic nitrogens is 2. The highest BCUT2D eigenvalue weighted by atomic mass is 35.5. The van der Waals surface area contributed by atoms with Crippen LogP contribution in [-0.4, -0.2) is 30.3 Å². The van der Waals surface area contributed by atoms with Gasteiger partial charge in [0.25, 0.3) is 10.0 Å². The van der Waals surface area contributed by atoms with Crippen LogP contribution >= 0.6 is 23.2 Å². The molecule has 0 atom stereocenters. The lowest BCUT2D eigenvalue weighted by Crippen LogP contribution is -2.17. The first-order valence-electron chi connectivity index (χ1n) is 8.77. The van der Waals surface area contributed by atoms with Crippen LogP contribution in [0.1, 0.15) is 29.9 Å². The minimum Gasteiger partial charge on any atom is -0.491 e. The maximum atomic E-state index is 12.8. The molecule has 0 aliphatic heterocycles. The fourth-order valence-electron chi connectivity index (χ4n) is 2.52. The molecule has 3 rings (SSSR count). The number of nitrogens with one attached hydrogen (secondary N) is 1. The van der Waals surface area contributed by atoms with Gasteiger partial charge >= 0.3 is 0 Å². The van der Waals surface area contributed by atoms with Gasteiger partial charge in [-0.15, -0.1) is 0 Å². The predicted octanol–water partition coefficient (Wildman–Crippen LogP) is 4.60. The van der Waals surface area contributed by atoms with Crippen molar-refractivity contribution in [3.8, 4) is 5.75 Å². The van der Waals surface area contributed by atoms with Crippen molar-refractivity contribution in [3.05, 3.63) is 76.3 Å². The van der Waals surface area contributed by atoms with Crippen molar-refractivity contribution >= 4 is 44.7 Å². The van der Waals surface area contributed by atoms with Crippen LogP contribution in [0.25, 0.3) is 0 Å². The van der Waals surface area contributed by atoms with Crippen LogP contribution in [0.15, 0.2) is 59.8 Å². The Morgan fingerprint density at radius 1 is 1.03 bits per heavy atom. The zero-order valence-electron chi connectivity index (χ0n) is 16.0. The fourth-order valence-corrected chi connectivity index (χ4v) is 3.85. The third kappa shape index (κ3) is 5.27. The Bertz CT molecular complexity index is 1170. The maximum Gasteiger partial charge on any atom is 0.261 e. The Morgan fingerprint density at radius 2 is 1.73 bits per heavy atom. The molecule has 0 saturated heterocycles. The molecule has 10 heteroatoms. The van der Waals surface area contributed by atoms with Gasteiger partial charge in [-0.2, -0.15) is 0 Å². The highest BCUT2D eigenvalue weighted by molar-refractivity contribution is 7.92. The lowest BCUT2D eigenvalue weighted by atomic mass is 10.1. The van der Waals surface area contributed by atoms with Gasteiger partial charge in [-0.3, -0.25) is 9.52 Å². The predicted molar refractivity (Wildman–Crippen MR) is 115 cm³/mol. The summed E-state index contributed by atoms with van der Waals surface area (Å²) in [6.45, 7) is 3.74. The molecule has 30 heavy (non-hydrogen) atoms. The molecule has 0 fully saturated rings. The molecule has 0 aliphatic rings. The molecule has 1 N–H and O–H groups in total. The summed E-state index contributed by atoms with van der Waals surface area (Å²) in [4.78, 5) is 20.7. The zero-order chi connectivity index (χ0) is 21.9. The molecule has 2 aromatic heterocycles. The second kappa shape index (κ2) is 8.99. The van der Waals surface area contributed by atoms with E-state index in [0.717, 1.165) is 0 Å². The SMILES string of the molecule is CC(C)Oc1ccc(S(=O)(=O)Nc2cc(Cl)cnc2C(=O)c2ccc(Cl)nc2)cc1. The maximum absolute atomic E-state index is 12.8. The molecule has 0 saturated carbocycles. The average molecular weight is 466 g/mol. The van der Waals surface area contributed by atoms with E-state index in [9.17, 15) is 13.2 Å². The first-order valence-corrected chi connectivity index (χ1v) is 11.0. The number of carbonyl (C=O) groups is 1. The minimum atomic E-state index is -4.01. The van der Waals surface area contributed by atoms with Crippen LogP contribution < -0.4 is 9.46 Å². The molecule has 7 nitrogen and oxygen atoms in total. The molecule has 2 heterocycles. The molecule has 0 amide bonds. The van der Waals surface area contributed by atoms with Gasteiger partial charge in [0, 0.05) is 18.0 Å². The summed E-state index contributed by atoms with van der Waals surface area (Å²) in [7, 11) is -4.01. The number of sulfonamides is 1. The second-order valence-corrected chi connectivity index (χ2v) is 9.00. The third-order valence-electron chi connectivity index (χ3n) is 3.81. The van der Waals surface area contributed by atoms with Crippen molar-refractivity contribution in [2.24, 2.45) is 0 Å². The highest BCUT2D eigenvalue weighted by Gasteiger charge is 2.22. The van der Waals surface area contributed by atoms with Crippen molar-refractivity contribution in [1.29, 1.82) is 0 Å². The van der Waals surface area contributed by atoms with E-state index in [1.807, 2.05) is 13.8 Å². The number of ketones is 1. The summed E-state index contributed by atoms with van der Waals surface area (Å²) >= 11 is 11.7. The summed E-state index contributed by atoms with van der Waals surface area (Å²) in [5, 5.41) is 0.389. The summed E-state index contributed by atoms with van der Waals surface area (Å²) in [5.41, 5.74) is 0.0293. The molecule has 0 bridgehead atoms.